The van der Waals surface area contributed by atoms with E-state index in [0.717, 1.165) is 42.5 Å². The number of alkyl halides is 3. The van der Waals surface area contributed by atoms with E-state index in [-0.39, 0.29) is 11.8 Å². The van der Waals surface area contributed by atoms with E-state index in [4.69, 9.17) is 0 Å². The molecule has 0 aromatic heterocycles. The van der Waals surface area contributed by atoms with Gasteiger partial charge in [-0.25, -0.2) is 0 Å². The second-order valence-electron chi connectivity index (χ2n) is 10.5. The number of nitrogens with one attached hydrogen (secondary N) is 1. The Balaban J connectivity index is 1.35. The molecule has 1 N–H and O–H groups in total. The van der Waals surface area contributed by atoms with E-state index in [1.807, 2.05) is 23.1 Å². The monoisotopic (exact) mass is 550 g/mol. The maximum atomic E-state index is 13.2. The van der Waals surface area contributed by atoms with Crippen molar-refractivity contribution in [1.82, 2.24) is 4.90 Å². The molecule has 0 fully saturated rings. The molecule has 1 heterocycles. The first kappa shape index (κ1) is 29.4. The van der Waals surface area contributed by atoms with Gasteiger partial charge >= 0.3 is 6.18 Å². The summed E-state index contributed by atoms with van der Waals surface area (Å²) in [4.78, 5) is 27.9. The first-order valence-electron chi connectivity index (χ1n) is 14.2. The van der Waals surface area contributed by atoms with Crippen LogP contribution in [0.25, 0.3) is 11.1 Å². The van der Waals surface area contributed by atoms with Gasteiger partial charge in [0.05, 0.1) is 5.56 Å². The Morgan fingerprint density at radius 3 is 2.27 bits per heavy atom. The van der Waals surface area contributed by atoms with Crippen molar-refractivity contribution in [2.24, 2.45) is 0 Å². The Morgan fingerprint density at radius 1 is 0.850 bits per heavy atom. The van der Waals surface area contributed by atoms with Crippen LogP contribution in [0.3, 0.4) is 0 Å². The predicted molar refractivity (Wildman–Crippen MR) is 153 cm³/mol. The van der Waals surface area contributed by atoms with Gasteiger partial charge in [-0.2, -0.15) is 13.2 Å². The summed E-state index contributed by atoms with van der Waals surface area (Å²) in [6, 6.07) is 17.4. The smallest absolute Gasteiger partial charge is 0.338 e. The number of unbranched alkanes of at least 4 members (excludes halogenated alkanes) is 6. The molecule has 3 aromatic rings. The molecule has 1 aliphatic rings. The van der Waals surface area contributed by atoms with Crippen LogP contribution in [0.1, 0.15) is 85.3 Å². The highest BCUT2D eigenvalue weighted by molar-refractivity contribution is 6.08. The maximum Gasteiger partial charge on any atom is 0.416 e. The number of carbonyl (C=O) groups excluding carboxylic acids is 2. The topological polar surface area (TPSA) is 49.4 Å². The average Bonchev–Trinajstić information content (AvgIpc) is 2.96. The lowest BCUT2D eigenvalue weighted by molar-refractivity contribution is -0.137. The minimum absolute atomic E-state index is 0.205. The van der Waals surface area contributed by atoms with E-state index in [1.54, 1.807) is 24.3 Å². The number of rotatable bonds is 11. The third kappa shape index (κ3) is 7.74. The van der Waals surface area contributed by atoms with Crippen molar-refractivity contribution in [1.29, 1.82) is 0 Å². The van der Waals surface area contributed by atoms with Crippen LogP contribution in [0.15, 0.2) is 66.7 Å². The lowest BCUT2D eigenvalue weighted by atomic mass is 9.97. The van der Waals surface area contributed by atoms with Crippen molar-refractivity contribution in [3.05, 3.63) is 89.0 Å². The maximum absolute atomic E-state index is 13.2. The highest BCUT2D eigenvalue weighted by Gasteiger charge is 2.30. The first-order chi connectivity index (χ1) is 19.3. The second-order valence-corrected chi connectivity index (χ2v) is 10.5. The third-order valence-electron chi connectivity index (χ3n) is 7.52. The highest BCUT2D eigenvalue weighted by atomic mass is 19.4. The van der Waals surface area contributed by atoms with Gasteiger partial charge in [0.25, 0.3) is 5.91 Å². The molecule has 0 aliphatic carbocycles. The number of amides is 2. The largest absolute Gasteiger partial charge is 0.416 e. The number of fused-ring (bicyclic) bond motifs is 1. The average molecular weight is 551 g/mol. The first-order valence-corrected chi connectivity index (χ1v) is 14.2. The Kier molecular flexibility index (Phi) is 10.0. The van der Waals surface area contributed by atoms with E-state index in [1.165, 1.54) is 44.2 Å². The van der Waals surface area contributed by atoms with Gasteiger partial charge in [0, 0.05) is 30.8 Å². The molecule has 0 unspecified atom stereocenters. The number of benzene rings is 3. The Morgan fingerprint density at radius 2 is 1.55 bits per heavy atom. The van der Waals surface area contributed by atoms with E-state index in [0.29, 0.717) is 41.9 Å². The third-order valence-corrected chi connectivity index (χ3v) is 7.52. The van der Waals surface area contributed by atoms with E-state index < -0.39 is 11.7 Å². The van der Waals surface area contributed by atoms with Crippen LogP contribution >= 0.6 is 0 Å². The lowest BCUT2D eigenvalue weighted by Crippen LogP contribution is -2.35. The van der Waals surface area contributed by atoms with Crippen LogP contribution in [-0.4, -0.2) is 23.3 Å². The standard InChI is InChI=1S/C33H37F3N2O2/c1-2-3-4-5-6-7-8-13-31(39)38-21-20-25-22-28(19-16-26(25)23-38)37-32(40)30-12-10-9-11-29(30)24-14-17-27(18-15-24)33(34,35)36/h9-12,14-19,22H,2-8,13,20-21,23H2,1H3,(H,37,40). The van der Waals surface area contributed by atoms with Gasteiger partial charge in [0.1, 0.15) is 0 Å². The molecule has 0 radical (unpaired) electrons. The molecule has 0 saturated heterocycles. The van der Waals surface area contributed by atoms with Gasteiger partial charge in [-0.05, 0) is 65.4 Å². The zero-order valence-corrected chi connectivity index (χ0v) is 23.0. The zero-order chi connectivity index (χ0) is 28.5. The minimum atomic E-state index is -4.42. The summed E-state index contributed by atoms with van der Waals surface area (Å²) in [7, 11) is 0. The lowest BCUT2D eigenvalue weighted by Gasteiger charge is -2.29. The fourth-order valence-electron chi connectivity index (χ4n) is 5.21. The normalized spacial score (nSPS) is 13.2. The molecule has 0 saturated carbocycles. The van der Waals surface area contributed by atoms with Crippen molar-refractivity contribution < 1.29 is 22.8 Å². The van der Waals surface area contributed by atoms with Crippen LogP contribution in [0.5, 0.6) is 0 Å². The predicted octanol–water partition coefficient (Wildman–Crippen LogP) is 8.65. The van der Waals surface area contributed by atoms with Gasteiger partial charge in [-0.15, -0.1) is 0 Å². The van der Waals surface area contributed by atoms with Crippen LogP contribution < -0.4 is 5.32 Å². The summed E-state index contributed by atoms with van der Waals surface area (Å²) >= 11 is 0. The molecule has 2 amide bonds. The number of halogens is 3. The van der Waals surface area contributed by atoms with Crippen LogP contribution in [-0.2, 0) is 23.9 Å². The molecule has 0 spiro atoms. The number of hydrogen-bond donors (Lipinski definition) is 1. The molecule has 3 aromatic carbocycles. The number of carbonyl (C=O) groups is 2. The second kappa shape index (κ2) is 13.6. The fourth-order valence-corrected chi connectivity index (χ4v) is 5.21. The molecule has 4 nitrogen and oxygen atoms in total. The van der Waals surface area contributed by atoms with E-state index >= 15 is 0 Å². The fraction of sp³-hybridized carbons (Fsp3) is 0.394. The SMILES string of the molecule is CCCCCCCCCC(=O)N1CCc2cc(NC(=O)c3ccccc3-c3ccc(C(F)(F)F)cc3)ccc2C1. The number of hydrogen-bond acceptors (Lipinski definition) is 2. The molecular weight excluding hydrogens is 513 g/mol. The van der Waals surface area contributed by atoms with Crippen molar-refractivity contribution >= 4 is 17.5 Å². The number of nitrogens with zero attached hydrogens (tertiary/aromatic N) is 1. The van der Waals surface area contributed by atoms with Gasteiger partial charge < -0.3 is 10.2 Å². The summed E-state index contributed by atoms with van der Waals surface area (Å²) in [5.74, 6) is -0.130. The summed E-state index contributed by atoms with van der Waals surface area (Å²) in [5, 5.41) is 2.94. The molecule has 40 heavy (non-hydrogen) atoms. The van der Waals surface area contributed by atoms with Crippen LogP contribution in [0.2, 0.25) is 0 Å². The van der Waals surface area contributed by atoms with Gasteiger partial charge in [0.2, 0.25) is 5.91 Å². The van der Waals surface area contributed by atoms with Crippen LogP contribution in [0, 0.1) is 0 Å². The van der Waals surface area contributed by atoms with Crippen molar-refractivity contribution in [3.8, 4) is 11.1 Å². The number of anilines is 1. The minimum Gasteiger partial charge on any atom is -0.338 e. The molecule has 0 bridgehead atoms. The summed E-state index contributed by atoms with van der Waals surface area (Å²) in [6.45, 7) is 3.45. The summed E-state index contributed by atoms with van der Waals surface area (Å²) in [6.07, 6.45) is 5.19. The van der Waals surface area contributed by atoms with Gasteiger partial charge in [-0.1, -0.05) is 81.8 Å². The molecular formula is C33H37F3N2O2. The molecule has 0 atom stereocenters. The van der Waals surface area contributed by atoms with Gasteiger partial charge in [-0.3, -0.25) is 9.59 Å². The zero-order valence-electron chi connectivity index (χ0n) is 23.0. The molecule has 1 aliphatic heterocycles. The Labute approximate surface area is 234 Å². The van der Waals surface area contributed by atoms with Crippen molar-refractivity contribution in [3.63, 3.8) is 0 Å². The van der Waals surface area contributed by atoms with Crippen molar-refractivity contribution in [2.75, 3.05) is 11.9 Å². The molecule has 212 valence electrons. The van der Waals surface area contributed by atoms with Crippen LogP contribution in [0.4, 0.5) is 18.9 Å². The molecule has 7 heteroatoms. The van der Waals surface area contributed by atoms with E-state index in [2.05, 4.69) is 12.2 Å². The van der Waals surface area contributed by atoms with Gasteiger partial charge in [0.15, 0.2) is 0 Å². The molecule has 4 rings (SSSR count). The quantitative estimate of drug-likeness (QED) is 0.243. The van der Waals surface area contributed by atoms with E-state index in [9.17, 15) is 22.8 Å². The highest BCUT2D eigenvalue weighted by Crippen LogP contribution is 2.32. The summed E-state index contributed by atoms with van der Waals surface area (Å²) < 4.78 is 38.9. The Hall–Kier alpha value is -3.61. The summed E-state index contributed by atoms with van der Waals surface area (Å²) in [5.41, 5.74) is 3.57. The Bertz CT molecular complexity index is 1300. The van der Waals surface area contributed by atoms with Crippen molar-refractivity contribution in [2.45, 2.75) is 77.4 Å².